The molecule has 0 aliphatic rings. The number of aromatic nitrogens is 4. The number of halogens is 1. The molecule has 0 unspecified atom stereocenters. The lowest BCUT2D eigenvalue weighted by atomic mass is 10.2. The average Bonchev–Trinajstić information content (AvgIpc) is 2.61. The van der Waals surface area contributed by atoms with Crippen LogP contribution in [0.2, 0.25) is 0 Å². The van der Waals surface area contributed by atoms with Crippen LogP contribution < -0.4 is 0 Å². The molecule has 90 valence electrons. The molecule has 2 aromatic heterocycles. The number of rotatable bonds is 3. The van der Waals surface area contributed by atoms with Crippen molar-refractivity contribution < 1.29 is 8.42 Å². The second-order valence-corrected chi connectivity index (χ2v) is 5.89. The predicted molar refractivity (Wildman–Crippen MR) is 61.1 cm³/mol. The normalized spacial score (nSPS) is 11.6. The number of nitrogens with zero attached hydrogens (tertiary/aromatic N) is 4. The molecule has 0 saturated carbocycles. The van der Waals surface area contributed by atoms with Gasteiger partial charge in [-0.05, 0) is 11.6 Å². The van der Waals surface area contributed by atoms with Gasteiger partial charge in [-0.25, -0.2) is 8.42 Å². The molecule has 17 heavy (non-hydrogen) atoms. The van der Waals surface area contributed by atoms with E-state index in [0.29, 0.717) is 12.2 Å². The summed E-state index contributed by atoms with van der Waals surface area (Å²) in [6, 6.07) is 3.67. The van der Waals surface area contributed by atoms with Crippen molar-refractivity contribution in [2.75, 3.05) is 0 Å². The molecule has 6 nitrogen and oxygen atoms in total. The Labute approximate surface area is 103 Å². The van der Waals surface area contributed by atoms with E-state index in [4.69, 9.17) is 10.7 Å². The lowest BCUT2D eigenvalue weighted by Crippen LogP contribution is -2.05. The van der Waals surface area contributed by atoms with Crippen molar-refractivity contribution in [3.05, 3.63) is 35.9 Å². The average molecular weight is 273 g/mol. The molecule has 0 fully saturated rings. The van der Waals surface area contributed by atoms with Crippen molar-refractivity contribution in [1.29, 1.82) is 0 Å². The van der Waals surface area contributed by atoms with E-state index >= 15 is 0 Å². The van der Waals surface area contributed by atoms with Crippen molar-refractivity contribution in [3.63, 3.8) is 0 Å². The predicted octanol–water partition coefficient (Wildman–Crippen LogP) is 0.728. The summed E-state index contributed by atoms with van der Waals surface area (Å²) in [6.07, 6.45) is 3.79. The maximum atomic E-state index is 11.1. The highest BCUT2D eigenvalue weighted by molar-refractivity contribution is 8.13. The quantitative estimate of drug-likeness (QED) is 0.770. The molecule has 0 bridgehead atoms. The van der Waals surface area contributed by atoms with Gasteiger partial charge in [-0.3, -0.25) is 4.98 Å². The summed E-state index contributed by atoms with van der Waals surface area (Å²) in [6.45, 7) is 0. The molecule has 0 N–H and O–H groups in total. The van der Waals surface area contributed by atoms with Crippen LogP contribution in [-0.2, 0) is 22.5 Å². The minimum absolute atomic E-state index is 0.252. The van der Waals surface area contributed by atoms with Crippen LogP contribution in [-0.4, -0.2) is 28.2 Å². The van der Waals surface area contributed by atoms with Gasteiger partial charge < -0.3 is 4.57 Å². The summed E-state index contributed by atoms with van der Waals surface area (Å²) >= 11 is 0. The number of hydrogen-bond acceptors (Lipinski definition) is 5. The van der Waals surface area contributed by atoms with Crippen LogP contribution in [0.15, 0.2) is 29.7 Å². The lowest BCUT2D eigenvalue weighted by Gasteiger charge is -2.01. The fraction of sp³-hybridized carbons (Fsp3) is 0.222. The van der Waals surface area contributed by atoms with Crippen molar-refractivity contribution >= 4 is 19.7 Å². The zero-order valence-corrected chi connectivity index (χ0v) is 10.5. The molecular weight excluding hydrogens is 264 g/mol. The summed E-state index contributed by atoms with van der Waals surface area (Å²) < 4.78 is 23.7. The Kier molecular flexibility index (Phi) is 3.12. The Morgan fingerprint density at radius 3 is 2.71 bits per heavy atom. The van der Waals surface area contributed by atoms with Gasteiger partial charge in [0.2, 0.25) is 0 Å². The third-order valence-corrected chi connectivity index (χ3v) is 3.43. The summed E-state index contributed by atoms with van der Waals surface area (Å²) in [4.78, 5) is 3.96. The largest absolute Gasteiger partial charge is 0.304 e. The van der Waals surface area contributed by atoms with E-state index < -0.39 is 9.05 Å². The van der Waals surface area contributed by atoms with Gasteiger partial charge in [-0.2, -0.15) is 0 Å². The van der Waals surface area contributed by atoms with Crippen molar-refractivity contribution in [1.82, 2.24) is 19.7 Å². The standard InChI is InChI=1S/C9H9ClN4O2S/c1-14-8(5-7-3-2-4-11-6-7)12-13-9(14)17(10,15)16/h2-4,6H,5H2,1H3. The molecule has 0 aliphatic carbocycles. The molecule has 0 radical (unpaired) electrons. The van der Waals surface area contributed by atoms with E-state index in [1.807, 2.05) is 6.07 Å². The number of hydrogen-bond donors (Lipinski definition) is 0. The first-order chi connectivity index (χ1) is 7.98. The third kappa shape index (κ3) is 2.62. The van der Waals surface area contributed by atoms with Gasteiger partial charge in [0.05, 0.1) is 0 Å². The van der Waals surface area contributed by atoms with Gasteiger partial charge in [-0.1, -0.05) is 6.07 Å². The van der Waals surface area contributed by atoms with Crippen LogP contribution in [0.5, 0.6) is 0 Å². The molecule has 0 atom stereocenters. The number of pyridine rings is 1. The minimum Gasteiger partial charge on any atom is -0.304 e. The van der Waals surface area contributed by atoms with Gasteiger partial charge in [0, 0.05) is 36.5 Å². The maximum absolute atomic E-state index is 11.1. The molecule has 2 heterocycles. The fourth-order valence-electron chi connectivity index (χ4n) is 1.40. The first kappa shape index (κ1) is 12.0. The van der Waals surface area contributed by atoms with Gasteiger partial charge in [-0.15, -0.1) is 10.2 Å². The van der Waals surface area contributed by atoms with Crippen LogP contribution in [0.4, 0.5) is 0 Å². The van der Waals surface area contributed by atoms with Crippen LogP contribution >= 0.6 is 10.7 Å². The summed E-state index contributed by atoms with van der Waals surface area (Å²) in [5.74, 6) is 0.511. The molecule has 0 aromatic carbocycles. The van der Waals surface area contributed by atoms with Crippen LogP contribution in [0.25, 0.3) is 0 Å². The van der Waals surface area contributed by atoms with E-state index in [0.717, 1.165) is 5.56 Å². The Hall–Kier alpha value is -1.47. The van der Waals surface area contributed by atoms with Gasteiger partial charge in [0.1, 0.15) is 5.82 Å². The molecule has 0 saturated heterocycles. The highest BCUT2D eigenvalue weighted by Gasteiger charge is 2.20. The second kappa shape index (κ2) is 4.42. The lowest BCUT2D eigenvalue weighted by molar-refractivity contribution is 0.591. The van der Waals surface area contributed by atoms with E-state index in [1.54, 1.807) is 25.5 Å². The monoisotopic (exact) mass is 272 g/mol. The molecule has 0 amide bonds. The fourth-order valence-corrected chi connectivity index (χ4v) is 2.37. The Balaban J connectivity index is 2.34. The molecule has 2 rings (SSSR count). The van der Waals surface area contributed by atoms with Crippen molar-refractivity contribution in [3.8, 4) is 0 Å². The van der Waals surface area contributed by atoms with E-state index in [9.17, 15) is 8.42 Å². The van der Waals surface area contributed by atoms with E-state index in [-0.39, 0.29) is 5.16 Å². The highest BCUT2D eigenvalue weighted by Crippen LogP contribution is 2.14. The van der Waals surface area contributed by atoms with Crippen LogP contribution in [0.3, 0.4) is 0 Å². The zero-order valence-electron chi connectivity index (χ0n) is 8.91. The van der Waals surface area contributed by atoms with Gasteiger partial charge in [0.15, 0.2) is 0 Å². The van der Waals surface area contributed by atoms with Crippen LogP contribution in [0, 0.1) is 0 Å². The third-order valence-electron chi connectivity index (χ3n) is 2.23. The maximum Gasteiger partial charge on any atom is 0.296 e. The molecule has 2 aromatic rings. The van der Waals surface area contributed by atoms with Gasteiger partial charge >= 0.3 is 0 Å². The second-order valence-electron chi connectivity index (χ2n) is 3.43. The Morgan fingerprint density at radius 1 is 1.41 bits per heavy atom. The van der Waals surface area contributed by atoms with Gasteiger partial charge in [0.25, 0.3) is 14.2 Å². The van der Waals surface area contributed by atoms with E-state index in [1.165, 1.54) is 4.57 Å². The Morgan fingerprint density at radius 2 is 2.18 bits per heavy atom. The highest BCUT2D eigenvalue weighted by atomic mass is 35.7. The molecular formula is C9H9ClN4O2S. The summed E-state index contributed by atoms with van der Waals surface area (Å²) in [7, 11) is 2.91. The topological polar surface area (TPSA) is 77.7 Å². The van der Waals surface area contributed by atoms with E-state index in [2.05, 4.69) is 15.2 Å². The summed E-state index contributed by atoms with van der Waals surface area (Å²) in [5.41, 5.74) is 0.918. The van der Waals surface area contributed by atoms with Crippen LogP contribution in [0.1, 0.15) is 11.4 Å². The summed E-state index contributed by atoms with van der Waals surface area (Å²) in [5, 5.41) is 7.10. The minimum atomic E-state index is -3.86. The molecule has 0 spiro atoms. The smallest absolute Gasteiger partial charge is 0.296 e. The molecule has 8 heteroatoms. The first-order valence-corrected chi connectivity index (χ1v) is 7.01. The zero-order chi connectivity index (χ0) is 12.5. The van der Waals surface area contributed by atoms with Crippen molar-refractivity contribution in [2.45, 2.75) is 11.6 Å². The van der Waals surface area contributed by atoms with Crippen molar-refractivity contribution in [2.24, 2.45) is 7.05 Å². The molecule has 0 aliphatic heterocycles. The SMILES string of the molecule is Cn1c(Cc2cccnc2)nnc1S(=O)(=O)Cl. The Bertz CT molecular complexity index is 624. The first-order valence-electron chi connectivity index (χ1n) is 4.70.